The van der Waals surface area contributed by atoms with Crippen molar-refractivity contribution in [3.05, 3.63) is 40.9 Å². The van der Waals surface area contributed by atoms with Gasteiger partial charge in [0.1, 0.15) is 0 Å². The molecule has 0 saturated carbocycles. The Hall–Kier alpha value is -2.92. The Kier molecular flexibility index (Phi) is 6.83. The highest BCUT2D eigenvalue weighted by Gasteiger charge is 2.16. The second-order valence-electron chi connectivity index (χ2n) is 5.89. The molecule has 0 saturated heterocycles. The number of benzene rings is 1. The molecule has 0 aliphatic carbocycles. The third-order valence-electron chi connectivity index (χ3n) is 3.78. The number of amides is 1. The van der Waals surface area contributed by atoms with Gasteiger partial charge in [0.05, 0.1) is 24.5 Å². The number of thiazole rings is 1. The van der Waals surface area contributed by atoms with Crippen molar-refractivity contribution >= 4 is 40.1 Å². The standard InChI is InChI=1S/C18H20N6O3S2/c1-3-27-15(26)9-13-11(2)20-17(29-13)21-14(25)10-28-18-23-22-16(24(18)19)12-7-5-4-6-8-12/h4-8H,3,9-10,19H2,1-2H3,(H,20,21,25). The number of nitrogens with zero attached hydrogens (tertiary/aromatic N) is 4. The molecule has 9 nitrogen and oxygen atoms in total. The molecule has 0 aliphatic rings. The van der Waals surface area contributed by atoms with Crippen molar-refractivity contribution in [2.75, 3.05) is 23.5 Å². The minimum Gasteiger partial charge on any atom is -0.466 e. The molecular weight excluding hydrogens is 412 g/mol. The summed E-state index contributed by atoms with van der Waals surface area (Å²) in [6.45, 7) is 3.87. The third kappa shape index (κ3) is 5.33. The predicted octanol–water partition coefficient (Wildman–Crippen LogP) is 2.26. The Bertz CT molecular complexity index is 1000. The normalized spacial score (nSPS) is 10.7. The average Bonchev–Trinajstić information content (AvgIpc) is 3.23. The smallest absolute Gasteiger partial charge is 0.311 e. The van der Waals surface area contributed by atoms with Crippen LogP contribution in [0.5, 0.6) is 0 Å². The zero-order valence-electron chi connectivity index (χ0n) is 15.9. The lowest BCUT2D eigenvalue weighted by Crippen LogP contribution is -2.16. The number of ether oxygens (including phenoxy) is 1. The summed E-state index contributed by atoms with van der Waals surface area (Å²) in [7, 11) is 0. The predicted molar refractivity (Wildman–Crippen MR) is 112 cm³/mol. The van der Waals surface area contributed by atoms with Crippen LogP contribution in [0.3, 0.4) is 0 Å². The van der Waals surface area contributed by atoms with E-state index in [1.807, 2.05) is 30.3 Å². The van der Waals surface area contributed by atoms with Gasteiger partial charge in [-0.2, -0.15) is 0 Å². The molecule has 11 heteroatoms. The quantitative estimate of drug-likeness (QED) is 0.315. The van der Waals surface area contributed by atoms with Gasteiger partial charge in [-0.1, -0.05) is 42.1 Å². The van der Waals surface area contributed by atoms with Crippen LogP contribution in [-0.4, -0.2) is 44.1 Å². The van der Waals surface area contributed by atoms with Gasteiger partial charge >= 0.3 is 5.97 Å². The van der Waals surface area contributed by atoms with Gasteiger partial charge in [-0.15, -0.1) is 21.5 Å². The number of nitrogens with two attached hydrogens (primary N) is 1. The first kappa shape index (κ1) is 20.8. The van der Waals surface area contributed by atoms with E-state index in [-0.39, 0.29) is 24.1 Å². The van der Waals surface area contributed by atoms with Gasteiger partial charge in [0.15, 0.2) is 11.0 Å². The number of carbonyl (C=O) groups is 2. The number of carbonyl (C=O) groups excluding carboxylic acids is 2. The monoisotopic (exact) mass is 432 g/mol. The number of hydrogen-bond acceptors (Lipinski definition) is 9. The van der Waals surface area contributed by atoms with E-state index in [9.17, 15) is 9.59 Å². The maximum Gasteiger partial charge on any atom is 0.311 e. The molecule has 152 valence electrons. The van der Waals surface area contributed by atoms with E-state index in [1.165, 1.54) is 27.8 Å². The molecule has 1 amide bonds. The molecule has 1 aromatic carbocycles. The zero-order chi connectivity index (χ0) is 20.8. The van der Waals surface area contributed by atoms with E-state index >= 15 is 0 Å². The SMILES string of the molecule is CCOC(=O)Cc1sc(NC(=O)CSc2nnc(-c3ccccc3)n2N)nc1C. The first-order chi connectivity index (χ1) is 14.0. The first-order valence-corrected chi connectivity index (χ1v) is 10.6. The number of nitrogen functional groups attached to an aromatic ring is 1. The van der Waals surface area contributed by atoms with Crippen LogP contribution >= 0.6 is 23.1 Å². The number of hydrogen-bond donors (Lipinski definition) is 2. The van der Waals surface area contributed by atoms with E-state index in [0.29, 0.717) is 28.4 Å². The maximum atomic E-state index is 12.3. The van der Waals surface area contributed by atoms with Gasteiger partial charge in [-0.3, -0.25) is 9.59 Å². The van der Waals surface area contributed by atoms with Crippen LogP contribution in [0.25, 0.3) is 11.4 Å². The Labute approximate surface area is 175 Å². The topological polar surface area (TPSA) is 125 Å². The van der Waals surface area contributed by atoms with Gasteiger partial charge in [0.2, 0.25) is 11.1 Å². The molecule has 0 radical (unpaired) electrons. The van der Waals surface area contributed by atoms with Crippen molar-refractivity contribution in [2.45, 2.75) is 25.4 Å². The molecule has 0 atom stereocenters. The summed E-state index contributed by atoms with van der Waals surface area (Å²) in [4.78, 5) is 29.0. The highest BCUT2D eigenvalue weighted by molar-refractivity contribution is 7.99. The third-order valence-corrected chi connectivity index (χ3v) is 5.79. The highest BCUT2D eigenvalue weighted by Crippen LogP contribution is 2.25. The van der Waals surface area contributed by atoms with Crippen LogP contribution < -0.4 is 11.2 Å². The van der Waals surface area contributed by atoms with Gasteiger partial charge in [0.25, 0.3) is 0 Å². The fourth-order valence-electron chi connectivity index (χ4n) is 2.43. The van der Waals surface area contributed by atoms with Crippen LogP contribution in [0, 0.1) is 6.92 Å². The Morgan fingerprint density at radius 2 is 2.03 bits per heavy atom. The fraction of sp³-hybridized carbons (Fsp3) is 0.278. The fourth-order valence-corrected chi connectivity index (χ4v) is 4.05. The van der Waals surface area contributed by atoms with Gasteiger partial charge in [0, 0.05) is 10.4 Å². The number of aromatic nitrogens is 4. The van der Waals surface area contributed by atoms with Gasteiger partial charge in [-0.25, -0.2) is 9.66 Å². The summed E-state index contributed by atoms with van der Waals surface area (Å²) in [6, 6.07) is 9.44. The number of esters is 1. The lowest BCUT2D eigenvalue weighted by atomic mass is 10.2. The summed E-state index contributed by atoms with van der Waals surface area (Å²) in [6.07, 6.45) is 0.139. The van der Waals surface area contributed by atoms with Crippen LogP contribution in [0.4, 0.5) is 5.13 Å². The maximum absolute atomic E-state index is 12.3. The summed E-state index contributed by atoms with van der Waals surface area (Å²) in [5.74, 6) is 6.10. The molecule has 3 rings (SSSR count). The van der Waals surface area contributed by atoms with Crippen molar-refractivity contribution in [3.8, 4) is 11.4 Å². The molecular formula is C18H20N6O3S2. The second-order valence-corrected chi connectivity index (χ2v) is 7.91. The second kappa shape index (κ2) is 9.52. The molecule has 0 spiro atoms. The zero-order valence-corrected chi connectivity index (χ0v) is 17.5. The summed E-state index contributed by atoms with van der Waals surface area (Å²) >= 11 is 2.43. The molecule has 0 bridgehead atoms. The highest BCUT2D eigenvalue weighted by atomic mass is 32.2. The van der Waals surface area contributed by atoms with Crippen LogP contribution in [0.1, 0.15) is 17.5 Å². The number of aryl methyl sites for hydroxylation is 1. The number of rotatable bonds is 8. The summed E-state index contributed by atoms with van der Waals surface area (Å²) in [5, 5.41) is 11.7. The molecule has 3 aromatic rings. The Balaban J connectivity index is 1.57. The molecule has 29 heavy (non-hydrogen) atoms. The van der Waals surface area contributed by atoms with Gasteiger partial charge < -0.3 is 15.9 Å². The lowest BCUT2D eigenvalue weighted by Gasteiger charge is -2.04. The lowest BCUT2D eigenvalue weighted by molar-refractivity contribution is -0.142. The Morgan fingerprint density at radius 1 is 1.28 bits per heavy atom. The van der Waals surface area contributed by atoms with E-state index in [2.05, 4.69) is 20.5 Å². The summed E-state index contributed by atoms with van der Waals surface area (Å²) in [5.41, 5.74) is 1.53. The molecule has 0 unspecified atom stereocenters. The molecule has 0 fully saturated rings. The van der Waals surface area contributed by atoms with Crippen molar-refractivity contribution in [3.63, 3.8) is 0 Å². The molecule has 3 N–H and O–H groups in total. The van der Waals surface area contributed by atoms with Crippen LogP contribution in [-0.2, 0) is 20.7 Å². The average molecular weight is 433 g/mol. The van der Waals surface area contributed by atoms with Crippen LogP contribution in [0.2, 0.25) is 0 Å². The number of anilines is 1. The minimum absolute atomic E-state index is 0.0932. The van der Waals surface area contributed by atoms with E-state index in [4.69, 9.17) is 10.6 Å². The largest absolute Gasteiger partial charge is 0.466 e. The summed E-state index contributed by atoms with van der Waals surface area (Å²) < 4.78 is 6.31. The van der Waals surface area contributed by atoms with Gasteiger partial charge in [-0.05, 0) is 13.8 Å². The van der Waals surface area contributed by atoms with Crippen molar-refractivity contribution in [1.29, 1.82) is 0 Å². The van der Waals surface area contributed by atoms with Crippen LogP contribution in [0.15, 0.2) is 35.5 Å². The first-order valence-electron chi connectivity index (χ1n) is 8.78. The molecule has 2 aromatic heterocycles. The number of thioether (sulfide) groups is 1. The van der Waals surface area contributed by atoms with E-state index in [1.54, 1.807) is 13.8 Å². The van der Waals surface area contributed by atoms with Crippen molar-refractivity contribution in [2.24, 2.45) is 0 Å². The molecule has 2 heterocycles. The Morgan fingerprint density at radius 3 is 2.76 bits per heavy atom. The van der Waals surface area contributed by atoms with E-state index in [0.717, 1.165) is 10.4 Å². The minimum atomic E-state index is -0.316. The van der Waals surface area contributed by atoms with Crippen molar-refractivity contribution in [1.82, 2.24) is 19.9 Å². The van der Waals surface area contributed by atoms with Crippen molar-refractivity contribution < 1.29 is 14.3 Å². The molecule has 0 aliphatic heterocycles. The number of nitrogens with one attached hydrogen (secondary N) is 1. The van der Waals surface area contributed by atoms with E-state index < -0.39 is 0 Å².